The van der Waals surface area contributed by atoms with Gasteiger partial charge in [-0.1, -0.05) is 11.6 Å². The topological polar surface area (TPSA) is 64.6 Å². The van der Waals surface area contributed by atoms with E-state index < -0.39 is 35.0 Å². The summed E-state index contributed by atoms with van der Waals surface area (Å²) in [7, 11) is 0. The molecule has 0 spiro atoms. The van der Waals surface area contributed by atoms with Crippen LogP contribution >= 0.6 is 11.6 Å². The molecular weight excluding hydrogens is 339 g/mol. The lowest BCUT2D eigenvalue weighted by Crippen LogP contribution is -2.42. The van der Waals surface area contributed by atoms with Gasteiger partial charge in [-0.25, -0.2) is 9.59 Å². The van der Waals surface area contributed by atoms with Gasteiger partial charge in [0.2, 0.25) is 0 Å². The summed E-state index contributed by atoms with van der Waals surface area (Å²) in [5, 5.41) is 2.16. The maximum atomic E-state index is 12.9. The second-order valence-electron chi connectivity index (χ2n) is 5.07. The van der Waals surface area contributed by atoms with Gasteiger partial charge >= 0.3 is 18.1 Å². The molecule has 2 rings (SSSR count). The van der Waals surface area contributed by atoms with E-state index in [1.165, 1.54) is 19.9 Å². The van der Waals surface area contributed by atoms with Gasteiger partial charge in [-0.3, -0.25) is 0 Å². The fraction of sp³-hybridized carbons (Fsp3) is 0.286. The fourth-order valence-corrected chi connectivity index (χ4v) is 1.98. The van der Waals surface area contributed by atoms with Crippen LogP contribution in [0.3, 0.4) is 0 Å². The summed E-state index contributed by atoms with van der Waals surface area (Å²) in [6.45, 7) is 2.71. The van der Waals surface area contributed by atoms with E-state index in [0.29, 0.717) is 0 Å². The number of rotatable bonds is 2. The van der Waals surface area contributed by atoms with Crippen molar-refractivity contribution in [2.75, 3.05) is 5.32 Å². The molecule has 1 fully saturated rings. The molecule has 1 aromatic rings. The van der Waals surface area contributed by atoms with Crippen molar-refractivity contribution < 1.29 is 32.2 Å². The van der Waals surface area contributed by atoms with Crippen LogP contribution in [0.2, 0.25) is 5.02 Å². The number of carbonyl (C=O) groups excluding carboxylic acids is 2. The predicted octanol–water partition coefficient (Wildman–Crippen LogP) is 3.49. The quantitative estimate of drug-likeness (QED) is 0.503. The number of esters is 2. The minimum Gasteiger partial charge on any atom is -0.419 e. The first-order valence-corrected chi connectivity index (χ1v) is 6.67. The van der Waals surface area contributed by atoms with E-state index in [1.54, 1.807) is 0 Å². The van der Waals surface area contributed by atoms with Gasteiger partial charge in [0.05, 0.1) is 11.3 Å². The third-order valence-electron chi connectivity index (χ3n) is 2.78. The van der Waals surface area contributed by atoms with Crippen LogP contribution in [0.4, 0.5) is 18.9 Å². The Morgan fingerprint density at radius 1 is 1.17 bits per heavy atom. The van der Waals surface area contributed by atoms with E-state index in [-0.39, 0.29) is 10.7 Å². The third kappa shape index (κ3) is 3.95. The molecule has 0 amide bonds. The van der Waals surface area contributed by atoms with Crippen LogP contribution in [0, 0.1) is 0 Å². The first-order valence-electron chi connectivity index (χ1n) is 6.30. The van der Waals surface area contributed by atoms with Crippen LogP contribution in [0.15, 0.2) is 30.0 Å². The molecule has 0 aliphatic carbocycles. The fourth-order valence-electron chi connectivity index (χ4n) is 1.81. The smallest absolute Gasteiger partial charge is 0.418 e. The van der Waals surface area contributed by atoms with Gasteiger partial charge < -0.3 is 14.8 Å². The summed E-state index contributed by atoms with van der Waals surface area (Å²) < 4.78 is 48.5. The summed E-state index contributed by atoms with van der Waals surface area (Å²) in [5.41, 5.74) is -1.97. The second-order valence-corrected chi connectivity index (χ2v) is 5.51. The van der Waals surface area contributed by atoms with Crippen LogP contribution < -0.4 is 5.32 Å². The van der Waals surface area contributed by atoms with E-state index >= 15 is 0 Å². The van der Waals surface area contributed by atoms with Crippen LogP contribution in [-0.4, -0.2) is 17.7 Å². The zero-order valence-electron chi connectivity index (χ0n) is 12.0. The summed E-state index contributed by atoms with van der Waals surface area (Å²) >= 11 is 5.56. The van der Waals surface area contributed by atoms with Crippen molar-refractivity contribution in [1.29, 1.82) is 0 Å². The summed E-state index contributed by atoms with van der Waals surface area (Å²) in [5.74, 6) is -3.43. The largest absolute Gasteiger partial charge is 0.419 e. The van der Waals surface area contributed by atoms with Crippen LogP contribution in [0.5, 0.6) is 0 Å². The number of ether oxygens (including phenoxy) is 2. The normalized spacial score (nSPS) is 17.4. The molecule has 23 heavy (non-hydrogen) atoms. The zero-order chi connectivity index (χ0) is 17.4. The highest BCUT2D eigenvalue weighted by Crippen LogP contribution is 2.36. The molecule has 1 aliphatic rings. The van der Waals surface area contributed by atoms with Gasteiger partial charge in [0.25, 0.3) is 5.79 Å². The van der Waals surface area contributed by atoms with Gasteiger partial charge in [-0.05, 0) is 18.2 Å². The van der Waals surface area contributed by atoms with Crippen molar-refractivity contribution in [3.8, 4) is 0 Å². The molecule has 9 heteroatoms. The molecule has 1 heterocycles. The van der Waals surface area contributed by atoms with E-state index in [9.17, 15) is 22.8 Å². The molecule has 0 bridgehead atoms. The van der Waals surface area contributed by atoms with E-state index in [2.05, 4.69) is 5.32 Å². The Hall–Kier alpha value is -2.22. The lowest BCUT2D eigenvalue weighted by atomic mass is 10.1. The van der Waals surface area contributed by atoms with Gasteiger partial charge in [-0.2, -0.15) is 13.2 Å². The summed E-state index contributed by atoms with van der Waals surface area (Å²) in [6, 6.07) is 3.03. The Morgan fingerprint density at radius 3 is 2.26 bits per heavy atom. The predicted molar refractivity (Wildman–Crippen MR) is 74.4 cm³/mol. The molecule has 0 saturated carbocycles. The number of cyclic esters (lactones) is 2. The minimum absolute atomic E-state index is 0.103. The van der Waals surface area contributed by atoms with E-state index in [0.717, 1.165) is 18.3 Å². The number of hydrogen-bond acceptors (Lipinski definition) is 5. The number of nitrogens with one attached hydrogen (secondary N) is 1. The van der Waals surface area contributed by atoms with Crippen molar-refractivity contribution in [2.45, 2.75) is 25.8 Å². The Labute approximate surface area is 134 Å². The number of hydrogen-bond donors (Lipinski definition) is 1. The molecule has 0 atom stereocenters. The number of alkyl halides is 3. The maximum Gasteiger partial charge on any atom is 0.418 e. The van der Waals surface area contributed by atoms with Crippen molar-refractivity contribution in [2.24, 2.45) is 0 Å². The van der Waals surface area contributed by atoms with Crippen LogP contribution in [0.25, 0.3) is 0 Å². The molecular formula is C14H11ClF3NO4. The lowest BCUT2D eigenvalue weighted by molar-refractivity contribution is -0.222. The Bertz CT molecular complexity index is 676. The number of halogens is 4. The maximum absolute atomic E-state index is 12.9. The summed E-state index contributed by atoms with van der Waals surface area (Å²) in [6.07, 6.45) is -3.86. The van der Waals surface area contributed by atoms with Crippen molar-refractivity contribution in [1.82, 2.24) is 0 Å². The Morgan fingerprint density at radius 2 is 1.74 bits per heavy atom. The second kappa shape index (κ2) is 5.77. The number of carbonyl (C=O) groups is 2. The number of benzene rings is 1. The summed E-state index contributed by atoms with van der Waals surface area (Å²) in [4.78, 5) is 23.4. The van der Waals surface area contributed by atoms with Gasteiger partial charge in [0, 0.05) is 25.1 Å². The molecule has 0 aromatic heterocycles. The molecule has 1 aliphatic heterocycles. The Kier molecular flexibility index (Phi) is 4.30. The van der Waals surface area contributed by atoms with Gasteiger partial charge in [-0.15, -0.1) is 0 Å². The molecule has 1 N–H and O–H groups in total. The molecule has 124 valence electrons. The van der Waals surface area contributed by atoms with Crippen molar-refractivity contribution in [3.63, 3.8) is 0 Å². The van der Waals surface area contributed by atoms with Gasteiger partial charge in [0.1, 0.15) is 0 Å². The molecule has 0 radical (unpaired) electrons. The first kappa shape index (κ1) is 17.1. The average Bonchev–Trinajstić information content (AvgIpc) is 2.36. The SMILES string of the molecule is CC1(C)OC(=O)C(=CNc2ccc(Cl)cc2C(F)(F)F)C(=O)O1. The van der Waals surface area contributed by atoms with Crippen LogP contribution in [-0.2, 0) is 25.2 Å². The van der Waals surface area contributed by atoms with Crippen molar-refractivity contribution >= 4 is 29.2 Å². The Balaban J connectivity index is 2.31. The minimum atomic E-state index is -4.67. The number of anilines is 1. The first-order chi connectivity index (χ1) is 10.5. The highest BCUT2D eigenvalue weighted by atomic mass is 35.5. The molecule has 1 saturated heterocycles. The highest BCUT2D eigenvalue weighted by Gasteiger charge is 2.39. The standard InChI is InChI=1S/C14H11ClF3NO4/c1-13(2)22-11(20)8(12(21)23-13)6-19-10-4-3-7(15)5-9(10)14(16,17)18/h3-6,19H,1-2H3. The molecule has 0 unspecified atom stereocenters. The van der Waals surface area contributed by atoms with E-state index in [4.69, 9.17) is 21.1 Å². The van der Waals surface area contributed by atoms with Crippen LogP contribution in [0.1, 0.15) is 19.4 Å². The third-order valence-corrected chi connectivity index (χ3v) is 3.01. The average molecular weight is 350 g/mol. The van der Waals surface area contributed by atoms with Gasteiger partial charge in [0.15, 0.2) is 5.57 Å². The lowest BCUT2D eigenvalue weighted by Gasteiger charge is -2.29. The molecule has 5 nitrogen and oxygen atoms in total. The highest BCUT2D eigenvalue weighted by molar-refractivity contribution is 6.30. The monoisotopic (exact) mass is 349 g/mol. The van der Waals surface area contributed by atoms with E-state index in [1.807, 2.05) is 0 Å². The zero-order valence-corrected chi connectivity index (χ0v) is 12.7. The van der Waals surface area contributed by atoms with Crippen molar-refractivity contribution in [3.05, 3.63) is 40.6 Å². The molecule has 1 aromatic carbocycles.